The van der Waals surface area contributed by atoms with Crippen LogP contribution in [0.15, 0.2) is 60.0 Å². The fraction of sp³-hybridized carbons (Fsp3) is 0.208. The van der Waals surface area contributed by atoms with Gasteiger partial charge in [0, 0.05) is 67.7 Å². The number of benzene rings is 1. The van der Waals surface area contributed by atoms with Crippen molar-refractivity contribution in [1.29, 1.82) is 5.26 Å². The molecular formula is C24H20ClN7O. The van der Waals surface area contributed by atoms with Crippen LogP contribution >= 0.6 is 11.6 Å². The minimum absolute atomic E-state index is 0.133. The van der Waals surface area contributed by atoms with Crippen LogP contribution in [0.5, 0.6) is 0 Å². The van der Waals surface area contributed by atoms with E-state index in [-0.39, 0.29) is 5.56 Å². The topological polar surface area (TPSA) is 92.6 Å². The molecule has 1 aromatic carbocycles. The molecule has 4 heterocycles. The lowest BCUT2D eigenvalue weighted by molar-refractivity contribution is 0.862. The summed E-state index contributed by atoms with van der Waals surface area (Å²) in [5.41, 5.74) is 3.86. The number of hydrogen-bond acceptors (Lipinski definition) is 6. The molecule has 8 nitrogen and oxygen atoms in total. The fourth-order valence-corrected chi connectivity index (χ4v) is 4.26. The van der Waals surface area contributed by atoms with Crippen molar-refractivity contribution in [2.75, 3.05) is 18.0 Å². The summed E-state index contributed by atoms with van der Waals surface area (Å²) in [6.45, 7) is 1.92. The highest BCUT2D eigenvalue weighted by molar-refractivity contribution is 6.32. The lowest BCUT2D eigenvalue weighted by Crippen LogP contribution is -2.20. The summed E-state index contributed by atoms with van der Waals surface area (Å²) in [6, 6.07) is 8.95. The molecule has 33 heavy (non-hydrogen) atoms. The third-order valence-electron chi connectivity index (χ3n) is 5.81. The Kier molecular flexibility index (Phi) is 5.40. The molecule has 0 radical (unpaired) electrons. The van der Waals surface area contributed by atoms with E-state index in [2.05, 4.69) is 26.0 Å². The molecule has 1 saturated heterocycles. The largest absolute Gasteiger partial charge is 0.341 e. The SMILES string of the molecule is Cn1cc(-c2cnn(-c3cccc(Cl)c3C#N)c2)c(-c2cnc(N3CCCC3)nc2)cc1=O. The predicted octanol–water partition coefficient (Wildman–Crippen LogP) is 3.82. The van der Waals surface area contributed by atoms with Gasteiger partial charge in [-0.3, -0.25) is 4.79 Å². The van der Waals surface area contributed by atoms with Crippen molar-refractivity contribution in [1.82, 2.24) is 24.3 Å². The van der Waals surface area contributed by atoms with Crippen LogP contribution < -0.4 is 10.5 Å². The summed E-state index contributed by atoms with van der Waals surface area (Å²) in [4.78, 5) is 23.7. The monoisotopic (exact) mass is 457 g/mol. The zero-order valence-corrected chi connectivity index (χ0v) is 18.7. The van der Waals surface area contributed by atoms with Crippen molar-refractivity contribution in [3.8, 4) is 34.0 Å². The summed E-state index contributed by atoms with van der Waals surface area (Å²) in [5.74, 6) is 0.708. The maximum absolute atomic E-state index is 12.5. The number of nitrogens with zero attached hydrogens (tertiary/aromatic N) is 7. The molecule has 1 fully saturated rings. The Hall–Kier alpha value is -3.96. The highest BCUT2D eigenvalue weighted by Crippen LogP contribution is 2.32. The number of aryl methyl sites for hydroxylation is 1. The van der Waals surface area contributed by atoms with Crippen molar-refractivity contribution in [3.05, 3.63) is 76.2 Å². The number of nitriles is 1. The van der Waals surface area contributed by atoms with Gasteiger partial charge < -0.3 is 9.47 Å². The van der Waals surface area contributed by atoms with Gasteiger partial charge in [-0.1, -0.05) is 17.7 Å². The summed E-state index contributed by atoms with van der Waals surface area (Å²) < 4.78 is 3.14. The van der Waals surface area contributed by atoms with Crippen molar-refractivity contribution in [3.63, 3.8) is 0 Å². The number of hydrogen-bond donors (Lipinski definition) is 0. The molecule has 4 aromatic rings. The van der Waals surface area contributed by atoms with E-state index < -0.39 is 0 Å². The van der Waals surface area contributed by atoms with Crippen LogP contribution in [0.2, 0.25) is 5.02 Å². The van der Waals surface area contributed by atoms with E-state index in [1.807, 2.05) is 6.20 Å². The van der Waals surface area contributed by atoms with E-state index in [1.165, 1.54) is 4.57 Å². The molecule has 3 aromatic heterocycles. The second-order valence-electron chi connectivity index (χ2n) is 7.94. The first-order valence-corrected chi connectivity index (χ1v) is 10.9. The lowest BCUT2D eigenvalue weighted by Gasteiger charge is -2.15. The fourth-order valence-electron chi connectivity index (χ4n) is 4.05. The molecule has 0 bridgehead atoms. The summed E-state index contributed by atoms with van der Waals surface area (Å²) in [6.07, 6.45) is 11.1. The number of halogens is 1. The Bertz CT molecular complexity index is 1430. The first-order valence-electron chi connectivity index (χ1n) is 10.6. The molecule has 0 spiro atoms. The van der Waals surface area contributed by atoms with Gasteiger partial charge in [0.2, 0.25) is 5.95 Å². The van der Waals surface area contributed by atoms with E-state index in [0.717, 1.165) is 48.2 Å². The van der Waals surface area contributed by atoms with Crippen molar-refractivity contribution >= 4 is 17.5 Å². The average molecular weight is 458 g/mol. The quantitative estimate of drug-likeness (QED) is 0.462. The van der Waals surface area contributed by atoms with Crippen LogP contribution in [0.1, 0.15) is 18.4 Å². The second kappa shape index (κ2) is 8.52. The zero-order chi connectivity index (χ0) is 22.9. The molecule has 0 amide bonds. The van der Waals surface area contributed by atoms with Crippen molar-refractivity contribution in [2.45, 2.75) is 12.8 Å². The molecule has 5 rings (SSSR count). The van der Waals surface area contributed by atoms with Crippen molar-refractivity contribution in [2.24, 2.45) is 7.05 Å². The van der Waals surface area contributed by atoms with Crippen LogP contribution in [0.25, 0.3) is 27.9 Å². The van der Waals surface area contributed by atoms with Crippen LogP contribution in [-0.4, -0.2) is 37.4 Å². The molecule has 0 atom stereocenters. The van der Waals surface area contributed by atoms with Crippen LogP contribution in [0.4, 0.5) is 5.95 Å². The molecule has 1 aliphatic heterocycles. The number of pyridine rings is 1. The Balaban J connectivity index is 1.58. The van der Waals surface area contributed by atoms with Crippen LogP contribution in [-0.2, 0) is 7.05 Å². The molecular weight excluding hydrogens is 438 g/mol. The van der Waals surface area contributed by atoms with Crippen LogP contribution in [0.3, 0.4) is 0 Å². The lowest BCUT2D eigenvalue weighted by atomic mass is 10.0. The van der Waals surface area contributed by atoms with E-state index >= 15 is 0 Å². The van der Waals surface area contributed by atoms with Gasteiger partial charge in [0.1, 0.15) is 6.07 Å². The first-order chi connectivity index (χ1) is 16.0. The molecule has 9 heteroatoms. The van der Waals surface area contributed by atoms with Gasteiger partial charge in [0.25, 0.3) is 5.56 Å². The van der Waals surface area contributed by atoms with E-state index in [1.54, 1.807) is 60.8 Å². The number of anilines is 1. The summed E-state index contributed by atoms with van der Waals surface area (Å²) in [7, 11) is 1.71. The molecule has 0 N–H and O–H groups in total. The molecule has 0 saturated carbocycles. The molecule has 164 valence electrons. The van der Waals surface area contributed by atoms with Gasteiger partial charge in [0.15, 0.2) is 0 Å². The van der Waals surface area contributed by atoms with Gasteiger partial charge in [0.05, 0.1) is 22.5 Å². The second-order valence-corrected chi connectivity index (χ2v) is 8.34. The molecule has 1 aliphatic rings. The summed E-state index contributed by atoms with van der Waals surface area (Å²) >= 11 is 6.19. The third-order valence-corrected chi connectivity index (χ3v) is 6.13. The zero-order valence-electron chi connectivity index (χ0n) is 17.9. The minimum Gasteiger partial charge on any atom is -0.341 e. The van der Waals surface area contributed by atoms with E-state index in [4.69, 9.17) is 11.6 Å². The Morgan fingerprint density at radius 2 is 1.79 bits per heavy atom. The number of rotatable bonds is 4. The van der Waals surface area contributed by atoms with E-state index in [9.17, 15) is 10.1 Å². The number of aromatic nitrogens is 5. The Labute approximate surface area is 195 Å². The molecule has 0 unspecified atom stereocenters. The maximum Gasteiger partial charge on any atom is 0.250 e. The molecule has 0 aliphatic carbocycles. The van der Waals surface area contributed by atoms with Crippen LogP contribution in [0, 0.1) is 11.3 Å². The highest BCUT2D eigenvalue weighted by Gasteiger charge is 2.17. The third kappa shape index (κ3) is 3.88. The summed E-state index contributed by atoms with van der Waals surface area (Å²) in [5, 5.41) is 14.3. The first kappa shape index (κ1) is 20.9. The maximum atomic E-state index is 12.5. The normalized spacial score (nSPS) is 13.3. The smallest absolute Gasteiger partial charge is 0.250 e. The van der Waals surface area contributed by atoms with Gasteiger partial charge in [-0.2, -0.15) is 10.4 Å². The standard InChI is InChI=1S/C24H20ClN7O/c1-30-15-20(17-13-29-32(14-17)22-6-4-5-21(25)19(22)10-26)18(9-23(30)33)16-11-27-24(28-12-16)31-7-2-3-8-31/h4-6,9,11-15H,2-3,7-8H2,1H3. The van der Waals surface area contributed by atoms with Gasteiger partial charge in [-0.25, -0.2) is 14.6 Å². The Morgan fingerprint density at radius 1 is 1.03 bits per heavy atom. The van der Waals surface area contributed by atoms with E-state index in [0.29, 0.717) is 22.2 Å². The average Bonchev–Trinajstić information content (AvgIpc) is 3.53. The highest BCUT2D eigenvalue weighted by atomic mass is 35.5. The van der Waals surface area contributed by atoms with Crippen molar-refractivity contribution < 1.29 is 0 Å². The Morgan fingerprint density at radius 3 is 2.52 bits per heavy atom. The van der Waals surface area contributed by atoms with Gasteiger partial charge in [-0.15, -0.1) is 0 Å². The minimum atomic E-state index is -0.133. The van der Waals surface area contributed by atoms with Gasteiger partial charge >= 0.3 is 0 Å². The van der Waals surface area contributed by atoms with Gasteiger partial charge in [-0.05, 0) is 30.5 Å². The predicted molar refractivity (Wildman–Crippen MR) is 126 cm³/mol.